The van der Waals surface area contributed by atoms with Crippen LogP contribution >= 0.6 is 23.4 Å². The van der Waals surface area contributed by atoms with Crippen LogP contribution in [0.4, 0.5) is 5.69 Å². The summed E-state index contributed by atoms with van der Waals surface area (Å²) in [5.41, 5.74) is 2.61. The number of nitrogens with one attached hydrogen (secondary N) is 1. The van der Waals surface area contributed by atoms with Crippen molar-refractivity contribution >= 4 is 35.0 Å². The molecule has 0 aliphatic rings. The average molecular weight is 465 g/mol. The monoisotopic (exact) mass is 464 g/mol. The third kappa shape index (κ3) is 5.30. The molecule has 1 N–H and O–H groups in total. The fourth-order valence-electron chi connectivity index (χ4n) is 3.15. The lowest BCUT2D eigenvalue weighted by Crippen LogP contribution is -2.14. The number of amides is 1. The number of carbonyl (C=O) groups excluding carboxylic acids is 1. The molecule has 32 heavy (non-hydrogen) atoms. The van der Waals surface area contributed by atoms with Gasteiger partial charge in [-0.25, -0.2) is 0 Å². The maximum Gasteiger partial charge on any atom is 0.234 e. The lowest BCUT2D eigenvalue weighted by molar-refractivity contribution is -0.113. The molecule has 0 aliphatic heterocycles. The maximum atomic E-state index is 12.5. The van der Waals surface area contributed by atoms with Crippen LogP contribution in [-0.4, -0.2) is 33.5 Å². The van der Waals surface area contributed by atoms with Crippen LogP contribution in [0, 0.1) is 0 Å². The first-order valence-electron chi connectivity index (χ1n) is 9.93. The molecule has 0 saturated carbocycles. The van der Waals surface area contributed by atoms with Crippen molar-refractivity contribution in [3.05, 3.63) is 89.4 Å². The fourth-order valence-corrected chi connectivity index (χ4v) is 4.11. The molecule has 0 radical (unpaired) electrons. The molecule has 1 heterocycles. The predicted molar refractivity (Wildman–Crippen MR) is 128 cm³/mol. The number of ether oxygens (including phenoxy) is 1. The first kappa shape index (κ1) is 21.9. The summed E-state index contributed by atoms with van der Waals surface area (Å²) < 4.78 is 7.13. The van der Waals surface area contributed by atoms with E-state index < -0.39 is 0 Å². The SMILES string of the molecule is COc1ccc(NC(=O)CSc2nnc(-c3ccccc3Cl)n2Cc2ccccc2)cc1. The number of hydrogen-bond acceptors (Lipinski definition) is 5. The summed E-state index contributed by atoms with van der Waals surface area (Å²) in [6.07, 6.45) is 0. The number of hydrogen-bond donors (Lipinski definition) is 1. The Bertz CT molecular complexity index is 1200. The minimum atomic E-state index is -0.131. The van der Waals surface area contributed by atoms with E-state index in [0.29, 0.717) is 28.2 Å². The first-order chi connectivity index (χ1) is 15.6. The van der Waals surface area contributed by atoms with Gasteiger partial charge in [0.2, 0.25) is 5.91 Å². The van der Waals surface area contributed by atoms with Gasteiger partial charge in [-0.2, -0.15) is 0 Å². The van der Waals surface area contributed by atoms with Crippen LogP contribution in [0.2, 0.25) is 5.02 Å². The minimum absolute atomic E-state index is 0.131. The van der Waals surface area contributed by atoms with Gasteiger partial charge in [-0.05, 0) is 42.0 Å². The molecule has 0 spiro atoms. The van der Waals surface area contributed by atoms with E-state index in [0.717, 1.165) is 16.9 Å². The molecule has 0 saturated heterocycles. The predicted octanol–water partition coefficient (Wildman–Crippen LogP) is 5.39. The summed E-state index contributed by atoms with van der Waals surface area (Å²) in [7, 11) is 1.60. The minimum Gasteiger partial charge on any atom is -0.497 e. The van der Waals surface area contributed by atoms with Gasteiger partial charge in [0.05, 0.1) is 24.4 Å². The Labute approximate surface area is 195 Å². The number of methoxy groups -OCH3 is 1. The molecule has 1 aromatic heterocycles. The zero-order valence-corrected chi connectivity index (χ0v) is 18.9. The molecule has 0 fully saturated rings. The summed E-state index contributed by atoms with van der Waals surface area (Å²) in [4.78, 5) is 12.5. The Balaban J connectivity index is 1.53. The van der Waals surface area contributed by atoms with Crippen molar-refractivity contribution in [3.63, 3.8) is 0 Å². The molecule has 3 aromatic carbocycles. The van der Waals surface area contributed by atoms with Crippen molar-refractivity contribution in [2.24, 2.45) is 0 Å². The van der Waals surface area contributed by atoms with Crippen molar-refractivity contribution < 1.29 is 9.53 Å². The van der Waals surface area contributed by atoms with Crippen molar-refractivity contribution in [3.8, 4) is 17.1 Å². The van der Waals surface area contributed by atoms with Gasteiger partial charge in [0, 0.05) is 11.3 Å². The molecule has 4 aromatic rings. The van der Waals surface area contributed by atoms with E-state index in [1.54, 1.807) is 31.4 Å². The number of aromatic nitrogens is 3. The maximum absolute atomic E-state index is 12.5. The number of rotatable bonds is 8. The van der Waals surface area contributed by atoms with E-state index in [4.69, 9.17) is 16.3 Å². The number of nitrogens with zero attached hydrogens (tertiary/aromatic N) is 3. The number of halogens is 1. The topological polar surface area (TPSA) is 69.0 Å². The molecule has 6 nitrogen and oxygen atoms in total. The molecule has 0 atom stereocenters. The molecular formula is C24H21ClN4O2S. The van der Waals surface area contributed by atoms with Crippen LogP contribution in [0.3, 0.4) is 0 Å². The number of thioether (sulfide) groups is 1. The van der Waals surface area contributed by atoms with Gasteiger partial charge in [-0.15, -0.1) is 10.2 Å². The Hall–Kier alpha value is -3.29. The second-order valence-corrected chi connectivity index (χ2v) is 8.27. The number of anilines is 1. The Morgan fingerprint density at radius 3 is 2.44 bits per heavy atom. The average Bonchev–Trinajstić information content (AvgIpc) is 3.21. The van der Waals surface area contributed by atoms with E-state index in [2.05, 4.69) is 15.5 Å². The van der Waals surface area contributed by atoms with Gasteiger partial charge >= 0.3 is 0 Å². The Morgan fingerprint density at radius 2 is 1.72 bits per heavy atom. The molecule has 0 unspecified atom stereocenters. The van der Waals surface area contributed by atoms with E-state index >= 15 is 0 Å². The standard InChI is InChI=1S/C24H21ClN4O2S/c1-31-19-13-11-18(12-14-19)26-22(30)16-32-24-28-27-23(20-9-5-6-10-21(20)25)29(24)15-17-7-3-2-4-8-17/h2-14H,15-16H2,1H3,(H,26,30). The normalized spacial score (nSPS) is 10.7. The zero-order chi connectivity index (χ0) is 22.3. The zero-order valence-electron chi connectivity index (χ0n) is 17.4. The number of carbonyl (C=O) groups is 1. The van der Waals surface area contributed by atoms with Crippen LogP contribution in [-0.2, 0) is 11.3 Å². The molecule has 1 amide bonds. The third-order valence-electron chi connectivity index (χ3n) is 4.72. The Morgan fingerprint density at radius 1 is 1.00 bits per heavy atom. The van der Waals surface area contributed by atoms with Crippen LogP contribution in [0.25, 0.3) is 11.4 Å². The van der Waals surface area contributed by atoms with E-state index in [1.807, 2.05) is 59.2 Å². The van der Waals surface area contributed by atoms with Crippen molar-refractivity contribution in [2.75, 3.05) is 18.2 Å². The summed E-state index contributed by atoms with van der Waals surface area (Å²) in [6, 6.07) is 24.8. The highest BCUT2D eigenvalue weighted by atomic mass is 35.5. The molecule has 4 rings (SSSR count). The van der Waals surface area contributed by atoms with Gasteiger partial charge in [-0.3, -0.25) is 9.36 Å². The van der Waals surface area contributed by atoms with Crippen LogP contribution < -0.4 is 10.1 Å². The largest absolute Gasteiger partial charge is 0.497 e. The quantitative estimate of drug-likeness (QED) is 0.354. The van der Waals surface area contributed by atoms with Crippen LogP contribution in [0.5, 0.6) is 5.75 Å². The second kappa shape index (κ2) is 10.3. The van der Waals surface area contributed by atoms with E-state index in [1.165, 1.54) is 11.8 Å². The van der Waals surface area contributed by atoms with Gasteiger partial charge < -0.3 is 10.1 Å². The third-order valence-corrected chi connectivity index (χ3v) is 6.02. The first-order valence-corrected chi connectivity index (χ1v) is 11.3. The number of benzene rings is 3. The highest BCUT2D eigenvalue weighted by Crippen LogP contribution is 2.30. The summed E-state index contributed by atoms with van der Waals surface area (Å²) in [5.74, 6) is 1.46. The highest BCUT2D eigenvalue weighted by molar-refractivity contribution is 7.99. The molecule has 8 heteroatoms. The van der Waals surface area contributed by atoms with Gasteiger partial charge in [0.25, 0.3) is 0 Å². The van der Waals surface area contributed by atoms with Crippen molar-refractivity contribution in [2.45, 2.75) is 11.7 Å². The summed E-state index contributed by atoms with van der Waals surface area (Å²) >= 11 is 7.75. The summed E-state index contributed by atoms with van der Waals surface area (Å²) in [6.45, 7) is 0.566. The molecule has 0 aliphatic carbocycles. The van der Waals surface area contributed by atoms with E-state index in [-0.39, 0.29) is 11.7 Å². The van der Waals surface area contributed by atoms with Gasteiger partial charge in [0.15, 0.2) is 11.0 Å². The molecule has 162 valence electrons. The van der Waals surface area contributed by atoms with E-state index in [9.17, 15) is 4.79 Å². The van der Waals surface area contributed by atoms with Gasteiger partial charge in [0.1, 0.15) is 5.75 Å². The second-order valence-electron chi connectivity index (χ2n) is 6.92. The summed E-state index contributed by atoms with van der Waals surface area (Å²) in [5, 5.41) is 12.9. The highest BCUT2D eigenvalue weighted by Gasteiger charge is 2.18. The molecular weight excluding hydrogens is 444 g/mol. The Kier molecular flexibility index (Phi) is 7.09. The fraction of sp³-hybridized carbons (Fsp3) is 0.125. The molecule has 0 bridgehead atoms. The van der Waals surface area contributed by atoms with Crippen LogP contribution in [0.15, 0.2) is 84.0 Å². The van der Waals surface area contributed by atoms with Crippen molar-refractivity contribution in [1.82, 2.24) is 14.8 Å². The van der Waals surface area contributed by atoms with Crippen LogP contribution in [0.1, 0.15) is 5.56 Å². The lowest BCUT2D eigenvalue weighted by Gasteiger charge is -2.11. The van der Waals surface area contributed by atoms with Gasteiger partial charge in [-0.1, -0.05) is 65.8 Å². The smallest absolute Gasteiger partial charge is 0.234 e. The van der Waals surface area contributed by atoms with Crippen molar-refractivity contribution in [1.29, 1.82) is 0 Å². The lowest BCUT2D eigenvalue weighted by atomic mass is 10.2.